The second kappa shape index (κ2) is 5.76. The highest BCUT2D eigenvalue weighted by atomic mass is 32.2. The Morgan fingerprint density at radius 1 is 1.59 bits per heavy atom. The molecule has 17 heavy (non-hydrogen) atoms. The van der Waals surface area contributed by atoms with E-state index >= 15 is 0 Å². The molecule has 0 aromatic rings. The van der Waals surface area contributed by atoms with Crippen LogP contribution < -0.4 is 0 Å². The van der Waals surface area contributed by atoms with E-state index < -0.39 is 16.2 Å². The van der Waals surface area contributed by atoms with Crippen molar-refractivity contribution < 1.29 is 23.1 Å². The maximum absolute atomic E-state index is 12.1. The average molecular weight is 266 g/mol. The van der Waals surface area contributed by atoms with E-state index in [1.807, 2.05) is 0 Å². The number of aliphatic carboxylic acids is 1. The summed E-state index contributed by atoms with van der Waals surface area (Å²) >= 11 is 0. The van der Waals surface area contributed by atoms with E-state index in [2.05, 4.69) is 0 Å². The van der Waals surface area contributed by atoms with Crippen molar-refractivity contribution in [1.82, 2.24) is 8.61 Å². The molecule has 0 aliphatic carbocycles. The monoisotopic (exact) mass is 266 g/mol. The molecule has 0 aromatic heterocycles. The molecule has 1 unspecified atom stereocenters. The molecular weight excluding hydrogens is 248 g/mol. The predicted octanol–water partition coefficient (Wildman–Crippen LogP) is -0.642. The molecule has 8 heteroatoms. The zero-order chi connectivity index (χ0) is 13.1. The molecule has 0 saturated carbocycles. The zero-order valence-electron chi connectivity index (χ0n) is 10.00. The van der Waals surface area contributed by atoms with Crippen LogP contribution in [0.5, 0.6) is 0 Å². The van der Waals surface area contributed by atoms with Gasteiger partial charge in [0.1, 0.15) is 0 Å². The molecular formula is C9H18N2O5S. The van der Waals surface area contributed by atoms with Gasteiger partial charge >= 0.3 is 5.97 Å². The van der Waals surface area contributed by atoms with Crippen LogP contribution in [0, 0.1) is 0 Å². The molecule has 7 nitrogen and oxygen atoms in total. The molecule has 1 rings (SSSR count). The smallest absolute Gasteiger partial charge is 0.304 e. The molecule has 1 heterocycles. The fraction of sp³-hybridized carbons (Fsp3) is 0.889. The highest BCUT2D eigenvalue weighted by Crippen LogP contribution is 2.14. The van der Waals surface area contributed by atoms with Gasteiger partial charge in [-0.25, -0.2) is 0 Å². The third kappa shape index (κ3) is 3.63. The Balaban J connectivity index is 2.68. The summed E-state index contributed by atoms with van der Waals surface area (Å²) < 4.78 is 31.8. The van der Waals surface area contributed by atoms with Crippen molar-refractivity contribution >= 4 is 16.2 Å². The number of carboxylic acids is 1. The number of ether oxygens (including phenoxy) is 1. The number of carbonyl (C=O) groups is 1. The average Bonchev–Trinajstić information content (AvgIpc) is 2.26. The summed E-state index contributed by atoms with van der Waals surface area (Å²) in [6.07, 6.45) is -0.200. The summed E-state index contributed by atoms with van der Waals surface area (Å²) in [6.45, 7) is 2.78. The molecule has 0 amide bonds. The summed E-state index contributed by atoms with van der Waals surface area (Å²) in [5.41, 5.74) is 0. The lowest BCUT2D eigenvalue weighted by Crippen LogP contribution is -2.52. The van der Waals surface area contributed by atoms with Crippen LogP contribution in [0.2, 0.25) is 0 Å². The van der Waals surface area contributed by atoms with Crippen molar-refractivity contribution in [1.29, 1.82) is 0 Å². The van der Waals surface area contributed by atoms with Gasteiger partial charge in [-0.1, -0.05) is 0 Å². The number of hydrogen-bond acceptors (Lipinski definition) is 4. The van der Waals surface area contributed by atoms with Crippen LogP contribution in [-0.2, 0) is 19.7 Å². The largest absolute Gasteiger partial charge is 0.481 e. The minimum absolute atomic E-state index is 0.0260. The van der Waals surface area contributed by atoms with Crippen LogP contribution in [0.1, 0.15) is 13.3 Å². The van der Waals surface area contributed by atoms with Crippen molar-refractivity contribution in [2.45, 2.75) is 19.4 Å². The molecule has 100 valence electrons. The van der Waals surface area contributed by atoms with Crippen LogP contribution in [0.4, 0.5) is 0 Å². The van der Waals surface area contributed by atoms with E-state index in [4.69, 9.17) is 9.84 Å². The van der Waals surface area contributed by atoms with E-state index in [1.165, 1.54) is 11.4 Å². The van der Waals surface area contributed by atoms with Crippen LogP contribution in [-0.4, -0.2) is 67.5 Å². The van der Waals surface area contributed by atoms with E-state index in [0.29, 0.717) is 19.8 Å². The summed E-state index contributed by atoms with van der Waals surface area (Å²) in [5, 5.41) is 8.54. The van der Waals surface area contributed by atoms with Gasteiger partial charge in [-0.2, -0.15) is 17.0 Å². The minimum Gasteiger partial charge on any atom is -0.481 e. The summed E-state index contributed by atoms with van der Waals surface area (Å²) in [7, 11) is -2.19. The Hall–Kier alpha value is -0.700. The first kappa shape index (κ1) is 14.4. The normalized spacial score (nSPS) is 22.9. The molecule has 0 aromatic carbocycles. The highest BCUT2D eigenvalue weighted by Gasteiger charge is 2.33. The first-order valence-electron chi connectivity index (χ1n) is 5.38. The molecule has 0 spiro atoms. The Labute approximate surface area is 101 Å². The first-order valence-corrected chi connectivity index (χ1v) is 6.78. The fourth-order valence-electron chi connectivity index (χ4n) is 1.60. The zero-order valence-corrected chi connectivity index (χ0v) is 10.8. The summed E-state index contributed by atoms with van der Waals surface area (Å²) in [5.74, 6) is -1.01. The Morgan fingerprint density at radius 2 is 2.24 bits per heavy atom. The number of carboxylic acid groups (broad SMARTS) is 1. The van der Waals surface area contributed by atoms with Gasteiger partial charge in [-0.05, 0) is 6.92 Å². The van der Waals surface area contributed by atoms with Crippen LogP contribution in [0.15, 0.2) is 0 Å². The van der Waals surface area contributed by atoms with Crippen LogP contribution in [0.25, 0.3) is 0 Å². The Bertz CT molecular complexity index is 370. The van der Waals surface area contributed by atoms with Crippen LogP contribution >= 0.6 is 0 Å². The predicted molar refractivity (Wildman–Crippen MR) is 60.8 cm³/mol. The SMILES string of the molecule is CC1COCCN1S(=O)(=O)N(C)CCC(=O)O. The molecule has 1 atom stereocenters. The highest BCUT2D eigenvalue weighted by molar-refractivity contribution is 7.86. The molecule has 1 aliphatic heterocycles. The van der Waals surface area contributed by atoms with Gasteiger partial charge in [0.2, 0.25) is 0 Å². The molecule has 1 fully saturated rings. The van der Waals surface area contributed by atoms with Gasteiger partial charge in [0.25, 0.3) is 10.2 Å². The van der Waals surface area contributed by atoms with Crippen molar-refractivity contribution in [2.75, 3.05) is 33.4 Å². The van der Waals surface area contributed by atoms with Gasteiger partial charge in [-0.3, -0.25) is 4.79 Å². The molecule has 0 bridgehead atoms. The van der Waals surface area contributed by atoms with Crippen molar-refractivity contribution in [3.05, 3.63) is 0 Å². The van der Waals surface area contributed by atoms with Gasteiger partial charge in [0, 0.05) is 26.2 Å². The van der Waals surface area contributed by atoms with Gasteiger partial charge in [0.15, 0.2) is 0 Å². The molecule has 1 N–H and O–H groups in total. The summed E-state index contributed by atoms with van der Waals surface area (Å²) in [6, 6.07) is -0.221. The van der Waals surface area contributed by atoms with Crippen molar-refractivity contribution in [2.24, 2.45) is 0 Å². The quantitative estimate of drug-likeness (QED) is 0.715. The van der Waals surface area contributed by atoms with Crippen molar-refractivity contribution in [3.63, 3.8) is 0 Å². The van der Waals surface area contributed by atoms with Gasteiger partial charge in [-0.15, -0.1) is 0 Å². The second-order valence-electron chi connectivity index (χ2n) is 4.01. The second-order valence-corrected chi connectivity index (χ2v) is 6.00. The maximum atomic E-state index is 12.1. The van der Waals surface area contributed by atoms with E-state index in [-0.39, 0.29) is 19.0 Å². The van der Waals surface area contributed by atoms with E-state index in [1.54, 1.807) is 6.92 Å². The Kier molecular flexibility index (Phi) is 4.87. The van der Waals surface area contributed by atoms with Crippen LogP contribution in [0.3, 0.4) is 0 Å². The first-order chi connectivity index (χ1) is 7.85. The van der Waals surface area contributed by atoms with Crippen molar-refractivity contribution in [3.8, 4) is 0 Å². The number of nitrogens with zero attached hydrogens (tertiary/aromatic N) is 2. The van der Waals surface area contributed by atoms with Gasteiger partial charge < -0.3 is 9.84 Å². The molecule has 1 saturated heterocycles. The molecule has 0 radical (unpaired) electrons. The van der Waals surface area contributed by atoms with Gasteiger partial charge in [0.05, 0.1) is 19.6 Å². The summed E-state index contributed by atoms with van der Waals surface area (Å²) in [4.78, 5) is 10.4. The van der Waals surface area contributed by atoms with E-state index in [9.17, 15) is 13.2 Å². The third-order valence-electron chi connectivity index (χ3n) is 2.64. The lowest BCUT2D eigenvalue weighted by atomic mass is 10.3. The lowest BCUT2D eigenvalue weighted by Gasteiger charge is -2.34. The molecule has 1 aliphatic rings. The third-order valence-corrected chi connectivity index (χ3v) is 4.74. The van der Waals surface area contributed by atoms with E-state index in [0.717, 1.165) is 4.31 Å². The number of morpholine rings is 1. The topological polar surface area (TPSA) is 87.2 Å². The fourth-order valence-corrected chi connectivity index (χ4v) is 3.10. The minimum atomic E-state index is -3.58. The maximum Gasteiger partial charge on any atom is 0.304 e. The Morgan fingerprint density at radius 3 is 2.76 bits per heavy atom. The standard InChI is InChI=1S/C9H18N2O5S/c1-8-7-16-6-5-11(8)17(14,15)10(2)4-3-9(12)13/h8H,3-7H2,1-2H3,(H,12,13). The number of hydrogen-bond donors (Lipinski definition) is 1. The lowest BCUT2D eigenvalue weighted by molar-refractivity contribution is -0.137. The number of rotatable bonds is 5.